The van der Waals surface area contributed by atoms with E-state index in [0.717, 1.165) is 14.3 Å². The number of rotatable bonds is 4. The van der Waals surface area contributed by atoms with E-state index in [9.17, 15) is 10.1 Å². The van der Waals surface area contributed by atoms with Gasteiger partial charge in [-0.15, -0.1) is 0 Å². The Labute approximate surface area is 132 Å². The van der Waals surface area contributed by atoms with Crippen LogP contribution < -0.4 is 5.73 Å². The second-order valence-corrected chi connectivity index (χ2v) is 6.01. The van der Waals surface area contributed by atoms with Gasteiger partial charge < -0.3 is 10.9 Å². The molecule has 0 heterocycles. The van der Waals surface area contributed by atoms with E-state index < -0.39 is 4.92 Å². The largest absolute Gasteiger partial charge is 0.409 e. The standard InChI is InChI=1S/C13H10BrN3O3S/c14-8-1-6-12(11(7-8)13(15)16-18)21-10-4-2-9(3-5-10)17(19)20/h1-7,18H,(H2,15,16). The molecule has 0 bridgehead atoms. The number of oxime groups is 1. The molecular weight excluding hydrogens is 358 g/mol. The number of nitro groups is 1. The summed E-state index contributed by atoms with van der Waals surface area (Å²) in [5.74, 6) is 0.000659. The SMILES string of the molecule is N/C(=N/O)c1cc(Br)ccc1Sc1ccc([N+](=O)[O-])cc1. The Bertz CT molecular complexity index is 704. The van der Waals surface area contributed by atoms with Gasteiger partial charge in [0, 0.05) is 32.0 Å². The maximum atomic E-state index is 10.6. The van der Waals surface area contributed by atoms with Gasteiger partial charge in [-0.05, 0) is 30.3 Å². The Kier molecular flexibility index (Phi) is 4.81. The number of hydrogen-bond acceptors (Lipinski definition) is 5. The van der Waals surface area contributed by atoms with Gasteiger partial charge >= 0.3 is 0 Å². The van der Waals surface area contributed by atoms with Crippen molar-refractivity contribution in [3.63, 3.8) is 0 Å². The Morgan fingerprint density at radius 3 is 2.52 bits per heavy atom. The van der Waals surface area contributed by atoms with E-state index in [1.54, 1.807) is 18.2 Å². The molecule has 0 aliphatic carbocycles. The maximum absolute atomic E-state index is 10.6. The minimum atomic E-state index is -0.449. The van der Waals surface area contributed by atoms with Crippen LogP contribution in [0.3, 0.4) is 0 Å². The van der Waals surface area contributed by atoms with Crippen LogP contribution in [0.2, 0.25) is 0 Å². The zero-order valence-electron chi connectivity index (χ0n) is 10.6. The normalized spacial score (nSPS) is 11.4. The fraction of sp³-hybridized carbons (Fsp3) is 0. The quantitative estimate of drug-likeness (QED) is 0.282. The monoisotopic (exact) mass is 367 g/mol. The molecule has 3 N–H and O–H groups in total. The fourth-order valence-electron chi connectivity index (χ4n) is 1.61. The zero-order valence-corrected chi connectivity index (χ0v) is 13.0. The minimum absolute atomic E-state index is 0.000659. The Morgan fingerprint density at radius 1 is 1.29 bits per heavy atom. The molecule has 0 atom stereocenters. The zero-order chi connectivity index (χ0) is 15.4. The summed E-state index contributed by atoms with van der Waals surface area (Å²) < 4.78 is 0.803. The average Bonchev–Trinajstić information content (AvgIpc) is 2.48. The van der Waals surface area contributed by atoms with Gasteiger partial charge in [-0.25, -0.2) is 0 Å². The third kappa shape index (κ3) is 3.73. The molecule has 0 fully saturated rings. The Hall–Kier alpha value is -2.06. The van der Waals surface area contributed by atoms with E-state index in [1.807, 2.05) is 12.1 Å². The lowest BCUT2D eigenvalue weighted by molar-refractivity contribution is -0.384. The third-order valence-electron chi connectivity index (χ3n) is 2.60. The molecule has 0 amide bonds. The predicted molar refractivity (Wildman–Crippen MR) is 83.9 cm³/mol. The van der Waals surface area contributed by atoms with Crippen LogP contribution in [-0.2, 0) is 0 Å². The van der Waals surface area contributed by atoms with E-state index in [4.69, 9.17) is 10.9 Å². The highest BCUT2D eigenvalue weighted by atomic mass is 79.9. The highest BCUT2D eigenvalue weighted by Gasteiger charge is 2.11. The number of non-ortho nitro benzene ring substituents is 1. The highest BCUT2D eigenvalue weighted by molar-refractivity contribution is 9.10. The molecule has 2 aromatic carbocycles. The van der Waals surface area contributed by atoms with Crippen molar-refractivity contribution in [2.75, 3.05) is 0 Å². The summed E-state index contributed by atoms with van der Waals surface area (Å²) >= 11 is 4.70. The van der Waals surface area contributed by atoms with Gasteiger partial charge in [0.1, 0.15) is 0 Å². The summed E-state index contributed by atoms with van der Waals surface area (Å²) in [5.41, 5.74) is 6.27. The first kappa shape index (κ1) is 15.3. The van der Waals surface area contributed by atoms with Crippen molar-refractivity contribution in [1.82, 2.24) is 0 Å². The number of amidine groups is 1. The molecule has 2 aromatic rings. The average molecular weight is 368 g/mol. The summed E-state index contributed by atoms with van der Waals surface area (Å²) in [6.45, 7) is 0. The highest BCUT2D eigenvalue weighted by Crippen LogP contribution is 2.32. The van der Waals surface area contributed by atoms with E-state index in [1.165, 1.54) is 23.9 Å². The number of hydrogen-bond donors (Lipinski definition) is 2. The fourth-order valence-corrected chi connectivity index (χ4v) is 2.90. The van der Waals surface area contributed by atoms with Crippen LogP contribution in [0.5, 0.6) is 0 Å². The molecule has 0 unspecified atom stereocenters. The number of nitrogens with zero attached hydrogens (tertiary/aromatic N) is 2. The Balaban J connectivity index is 2.33. The lowest BCUT2D eigenvalue weighted by atomic mass is 10.2. The molecule has 108 valence electrons. The molecule has 0 saturated heterocycles. The summed E-state index contributed by atoms with van der Waals surface area (Å²) in [7, 11) is 0. The molecule has 8 heteroatoms. The predicted octanol–water partition coefficient (Wildman–Crippen LogP) is 3.60. The van der Waals surface area contributed by atoms with E-state index in [2.05, 4.69) is 21.1 Å². The molecule has 2 rings (SSSR count). The molecule has 0 spiro atoms. The van der Waals surface area contributed by atoms with Crippen LogP contribution in [0.4, 0.5) is 5.69 Å². The second-order valence-electron chi connectivity index (χ2n) is 3.98. The second kappa shape index (κ2) is 6.59. The van der Waals surface area contributed by atoms with Crippen molar-refractivity contribution < 1.29 is 10.1 Å². The summed E-state index contributed by atoms with van der Waals surface area (Å²) in [5, 5.41) is 22.5. The topological polar surface area (TPSA) is 102 Å². The first-order valence-electron chi connectivity index (χ1n) is 5.71. The molecule has 6 nitrogen and oxygen atoms in total. The van der Waals surface area contributed by atoms with Gasteiger partial charge in [0.05, 0.1) is 4.92 Å². The van der Waals surface area contributed by atoms with E-state index in [0.29, 0.717) is 5.56 Å². The molecular formula is C13H10BrN3O3S. The smallest absolute Gasteiger partial charge is 0.269 e. The summed E-state index contributed by atoms with van der Waals surface area (Å²) in [4.78, 5) is 11.8. The van der Waals surface area contributed by atoms with Crippen LogP contribution in [-0.4, -0.2) is 16.0 Å². The first-order chi connectivity index (χ1) is 10.0. The van der Waals surface area contributed by atoms with Gasteiger partial charge in [-0.3, -0.25) is 10.1 Å². The molecule has 0 aliphatic heterocycles. The van der Waals surface area contributed by atoms with E-state index >= 15 is 0 Å². The molecule has 0 aromatic heterocycles. The van der Waals surface area contributed by atoms with Gasteiger partial charge in [0.2, 0.25) is 0 Å². The van der Waals surface area contributed by atoms with Crippen LogP contribution in [0.25, 0.3) is 0 Å². The molecule has 21 heavy (non-hydrogen) atoms. The van der Waals surface area contributed by atoms with Gasteiger partial charge in [0.25, 0.3) is 5.69 Å². The van der Waals surface area contributed by atoms with Crippen molar-refractivity contribution in [1.29, 1.82) is 0 Å². The van der Waals surface area contributed by atoms with Gasteiger partial charge in [-0.2, -0.15) is 0 Å². The van der Waals surface area contributed by atoms with Crippen molar-refractivity contribution in [2.24, 2.45) is 10.9 Å². The number of nitro benzene ring substituents is 1. The lowest BCUT2D eigenvalue weighted by Gasteiger charge is -2.08. The summed E-state index contributed by atoms with van der Waals surface area (Å²) in [6, 6.07) is 11.6. The van der Waals surface area contributed by atoms with Crippen molar-refractivity contribution in [3.05, 3.63) is 62.6 Å². The summed E-state index contributed by atoms with van der Waals surface area (Å²) in [6.07, 6.45) is 0. The van der Waals surface area contributed by atoms with Crippen molar-refractivity contribution >= 4 is 39.2 Å². The first-order valence-corrected chi connectivity index (χ1v) is 7.32. The van der Waals surface area contributed by atoms with Gasteiger partial charge in [0.15, 0.2) is 5.84 Å². The number of halogens is 1. The number of benzene rings is 2. The van der Waals surface area contributed by atoms with Crippen molar-refractivity contribution in [2.45, 2.75) is 9.79 Å². The molecule has 0 radical (unpaired) electrons. The van der Waals surface area contributed by atoms with Gasteiger partial charge in [-0.1, -0.05) is 32.8 Å². The van der Waals surface area contributed by atoms with Crippen molar-refractivity contribution in [3.8, 4) is 0 Å². The maximum Gasteiger partial charge on any atom is 0.269 e. The molecule has 0 aliphatic rings. The Morgan fingerprint density at radius 2 is 1.95 bits per heavy atom. The third-order valence-corrected chi connectivity index (χ3v) is 4.18. The number of nitrogens with two attached hydrogens (primary N) is 1. The van der Waals surface area contributed by atoms with Crippen LogP contribution >= 0.6 is 27.7 Å². The lowest BCUT2D eigenvalue weighted by Crippen LogP contribution is -2.14. The van der Waals surface area contributed by atoms with E-state index in [-0.39, 0.29) is 11.5 Å². The minimum Gasteiger partial charge on any atom is -0.409 e. The van der Waals surface area contributed by atoms with Crippen LogP contribution in [0, 0.1) is 10.1 Å². The van der Waals surface area contributed by atoms with Crippen LogP contribution in [0.1, 0.15) is 5.56 Å². The van der Waals surface area contributed by atoms with Crippen LogP contribution in [0.15, 0.2) is 61.9 Å². The molecule has 0 saturated carbocycles.